The smallest absolute Gasteiger partial charge is 0.172 e. The van der Waals surface area contributed by atoms with E-state index in [9.17, 15) is 0 Å². The lowest BCUT2D eigenvalue weighted by molar-refractivity contribution is 1.11. The maximum atomic E-state index is 5.63. The molecule has 0 spiro atoms. The van der Waals surface area contributed by atoms with Gasteiger partial charge in [-0.3, -0.25) is 10.5 Å². The Labute approximate surface area is 93.0 Å². The van der Waals surface area contributed by atoms with Gasteiger partial charge in [-0.25, -0.2) is 0 Å². The number of hydrogen-bond donors (Lipinski definition) is 5. The van der Waals surface area contributed by atoms with Gasteiger partial charge < -0.3 is 16.9 Å². The van der Waals surface area contributed by atoms with Crippen molar-refractivity contribution in [2.24, 2.45) is 0 Å². The van der Waals surface area contributed by atoms with Crippen LogP contribution in [0.25, 0.3) is 0 Å². The highest BCUT2D eigenvalue weighted by Gasteiger charge is 2.06. The zero-order valence-electron chi connectivity index (χ0n) is 8.91. The zero-order valence-corrected chi connectivity index (χ0v) is 8.91. The first kappa shape index (κ1) is 10.2. The van der Waals surface area contributed by atoms with Gasteiger partial charge in [0.1, 0.15) is 11.5 Å². The number of H-pyrrole nitrogens is 1. The van der Waals surface area contributed by atoms with Gasteiger partial charge in [0.15, 0.2) is 5.82 Å². The number of rotatable bonds is 3. The second-order valence-electron chi connectivity index (χ2n) is 3.52. The minimum Gasteiger partial charge on any atom is -0.382 e. The van der Waals surface area contributed by atoms with Crippen LogP contribution < -0.4 is 22.3 Å². The van der Waals surface area contributed by atoms with E-state index < -0.39 is 0 Å². The molecule has 1 heterocycles. The molecule has 0 atom stereocenters. The number of nitrogens with zero attached hydrogens (tertiary/aromatic N) is 1. The molecule has 0 saturated carbocycles. The van der Waals surface area contributed by atoms with Crippen molar-refractivity contribution in [3.8, 4) is 0 Å². The monoisotopic (exact) mass is 218 g/mol. The van der Waals surface area contributed by atoms with Gasteiger partial charge in [-0.2, -0.15) is 5.10 Å². The number of benzene rings is 1. The minimum atomic E-state index is 0.331. The number of aromatic nitrogens is 2. The van der Waals surface area contributed by atoms with Crippen LogP contribution >= 0.6 is 0 Å². The van der Waals surface area contributed by atoms with Crippen LogP contribution in [0.2, 0.25) is 0 Å². The molecule has 0 amide bonds. The highest BCUT2D eigenvalue weighted by atomic mass is 15.4. The lowest BCUT2D eigenvalue weighted by Crippen LogP contribution is -2.10. The minimum absolute atomic E-state index is 0.331. The SMILES string of the molecule is Cc1cccc(NNc2c(N)n[nH]c2N)c1. The Balaban J connectivity index is 2.08. The zero-order chi connectivity index (χ0) is 11.5. The second kappa shape index (κ2) is 4.01. The van der Waals surface area contributed by atoms with Gasteiger partial charge in [0.25, 0.3) is 0 Å². The van der Waals surface area contributed by atoms with Crippen molar-refractivity contribution in [2.75, 3.05) is 22.3 Å². The standard InChI is InChI=1S/C10H14N6/c1-6-3-2-4-7(5-6)13-14-8-9(11)15-16-10(8)12/h2-5,13-14H,1H3,(H5,11,12,15,16). The Kier molecular flexibility index (Phi) is 2.55. The maximum absolute atomic E-state index is 5.63. The van der Waals surface area contributed by atoms with Gasteiger partial charge in [-0.05, 0) is 24.6 Å². The molecule has 0 aliphatic carbocycles. The summed E-state index contributed by atoms with van der Waals surface area (Å²) < 4.78 is 0. The summed E-state index contributed by atoms with van der Waals surface area (Å²) in [6, 6.07) is 7.92. The molecule has 84 valence electrons. The largest absolute Gasteiger partial charge is 0.382 e. The average molecular weight is 218 g/mol. The van der Waals surface area contributed by atoms with Gasteiger partial charge in [-0.15, -0.1) is 0 Å². The number of nitrogens with one attached hydrogen (secondary N) is 3. The third-order valence-corrected chi connectivity index (χ3v) is 2.17. The lowest BCUT2D eigenvalue weighted by Gasteiger charge is -2.09. The summed E-state index contributed by atoms with van der Waals surface area (Å²) >= 11 is 0. The molecule has 2 rings (SSSR count). The first-order valence-electron chi connectivity index (χ1n) is 4.85. The van der Waals surface area contributed by atoms with Crippen LogP contribution in [0.5, 0.6) is 0 Å². The Morgan fingerprint density at radius 2 is 2.06 bits per heavy atom. The first-order chi connectivity index (χ1) is 7.66. The van der Waals surface area contributed by atoms with Crippen LogP contribution in [0.3, 0.4) is 0 Å². The number of aromatic amines is 1. The topological polar surface area (TPSA) is 105 Å². The highest BCUT2D eigenvalue weighted by molar-refractivity contribution is 5.75. The summed E-state index contributed by atoms with van der Waals surface area (Å²) in [5.41, 5.74) is 19.8. The summed E-state index contributed by atoms with van der Waals surface area (Å²) in [5.74, 6) is 0.732. The molecular weight excluding hydrogens is 204 g/mol. The van der Waals surface area contributed by atoms with Crippen LogP contribution in [0, 0.1) is 6.92 Å². The fourth-order valence-electron chi connectivity index (χ4n) is 1.36. The van der Waals surface area contributed by atoms with E-state index in [2.05, 4.69) is 21.0 Å². The molecule has 6 heteroatoms. The molecule has 0 radical (unpaired) electrons. The summed E-state index contributed by atoms with van der Waals surface area (Å²) in [6.45, 7) is 2.02. The van der Waals surface area contributed by atoms with Crippen molar-refractivity contribution in [1.29, 1.82) is 0 Å². The van der Waals surface area contributed by atoms with Gasteiger partial charge in [0.05, 0.1) is 5.69 Å². The van der Waals surface area contributed by atoms with E-state index in [4.69, 9.17) is 11.5 Å². The van der Waals surface area contributed by atoms with Gasteiger partial charge in [-0.1, -0.05) is 12.1 Å². The Morgan fingerprint density at radius 1 is 1.25 bits per heavy atom. The van der Waals surface area contributed by atoms with Crippen molar-refractivity contribution in [2.45, 2.75) is 6.92 Å². The van der Waals surface area contributed by atoms with Crippen molar-refractivity contribution >= 4 is 23.0 Å². The van der Waals surface area contributed by atoms with E-state index in [1.165, 1.54) is 5.56 Å². The van der Waals surface area contributed by atoms with Crippen molar-refractivity contribution in [1.82, 2.24) is 10.2 Å². The number of hydrazine groups is 1. The lowest BCUT2D eigenvalue weighted by atomic mass is 10.2. The first-order valence-corrected chi connectivity index (χ1v) is 4.85. The van der Waals surface area contributed by atoms with Crippen LogP contribution in [0.4, 0.5) is 23.0 Å². The Hall–Kier alpha value is -2.37. The molecule has 0 bridgehead atoms. The van der Waals surface area contributed by atoms with E-state index in [1.807, 2.05) is 31.2 Å². The average Bonchev–Trinajstić information content (AvgIpc) is 2.56. The predicted molar refractivity (Wildman–Crippen MR) is 65.8 cm³/mol. The number of hydrogen-bond acceptors (Lipinski definition) is 5. The molecule has 0 aliphatic heterocycles. The quantitative estimate of drug-likeness (QED) is 0.500. The van der Waals surface area contributed by atoms with Gasteiger partial charge in [0, 0.05) is 0 Å². The molecule has 1 aromatic carbocycles. The molecule has 0 saturated heterocycles. The molecular formula is C10H14N6. The fraction of sp³-hybridized carbons (Fsp3) is 0.100. The predicted octanol–water partition coefficient (Wildman–Crippen LogP) is 1.32. The summed E-state index contributed by atoms with van der Waals surface area (Å²) in [6.07, 6.45) is 0. The van der Waals surface area contributed by atoms with Crippen molar-refractivity contribution in [3.05, 3.63) is 29.8 Å². The van der Waals surface area contributed by atoms with Crippen molar-refractivity contribution in [3.63, 3.8) is 0 Å². The molecule has 6 nitrogen and oxygen atoms in total. The molecule has 0 unspecified atom stereocenters. The number of aryl methyl sites for hydroxylation is 1. The summed E-state index contributed by atoms with van der Waals surface area (Å²) in [5, 5.41) is 6.36. The Morgan fingerprint density at radius 3 is 2.69 bits per heavy atom. The van der Waals surface area contributed by atoms with Crippen LogP contribution in [0.15, 0.2) is 24.3 Å². The molecule has 0 aliphatic rings. The molecule has 2 aromatic rings. The summed E-state index contributed by atoms with van der Waals surface area (Å²) in [7, 11) is 0. The van der Waals surface area contributed by atoms with Crippen LogP contribution in [0.1, 0.15) is 5.56 Å². The fourth-order valence-corrected chi connectivity index (χ4v) is 1.36. The number of nitrogen functional groups attached to an aromatic ring is 2. The normalized spacial score (nSPS) is 10.1. The van der Waals surface area contributed by atoms with E-state index >= 15 is 0 Å². The third-order valence-electron chi connectivity index (χ3n) is 2.17. The molecule has 7 N–H and O–H groups in total. The maximum Gasteiger partial charge on any atom is 0.172 e. The van der Waals surface area contributed by atoms with Gasteiger partial charge in [0.2, 0.25) is 0 Å². The van der Waals surface area contributed by atoms with E-state index in [-0.39, 0.29) is 0 Å². The number of anilines is 4. The van der Waals surface area contributed by atoms with E-state index in [0.717, 1.165) is 5.69 Å². The van der Waals surface area contributed by atoms with E-state index in [1.54, 1.807) is 0 Å². The second-order valence-corrected chi connectivity index (χ2v) is 3.52. The van der Waals surface area contributed by atoms with Crippen molar-refractivity contribution < 1.29 is 0 Å². The van der Waals surface area contributed by atoms with Crippen LogP contribution in [-0.2, 0) is 0 Å². The third kappa shape index (κ3) is 2.00. The number of nitrogens with two attached hydrogens (primary N) is 2. The van der Waals surface area contributed by atoms with Crippen LogP contribution in [-0.4, -0.2) is 10.2 Å². The van der Waals surface area contributed by atoms with Gasteiger partial charge >= 0.3 is 0 Å². The highest BCUT2D eigenvalue weighted by Crippen LogP contribution is 2.22. The molecule has 1 aromatic heterocycles. The summed E-state index contributed by atoms with van der Waals surface area (Å²) in [4.78, 5) is 0. The molecule has 16 heavy (non-hydrogen) atoms. The Bertz CT molecular complexity index is 470. The molecule has 0 fully saturated rings. The van der Waals surface area contributed by atoms with E-state index in [0.29, 0.717) is 17.3 Å².